The smallest absolute Gasteiger partial charge is 0.274 e. The monoisotopic (exact) mass is 364 g/mol. The van der Waals surface area contributed by atoms with Gasteiger partial charge in [0.2, 0.25) is 6.79 Å². The maximum Gasteiger partial charge on any atom is 0.274 e. The first kappa shape index (κ1) is 14.5. The number of hydrogen-bond donors (Lipinski definition) is 1. The summed E-state index contributed by atoms with van der Waals surface area (Å²) in [6.45, 7) is 0.173. The van der Waals surface area contributed by atoms with Gasteiger partial charge in [-0.05, 0) is 40.2 Å². The molecule has 22 heavy (non-hydrogen) atoms. The van der Waals surface area contributed by atoms with Crippen molar-refractivity contribution in [2.75, 3.05) is 6.79 Å². The standard InChI is InChI=1S/C15H10BrFN2O3/c16-11-6-14-13(21-8-22-14)5-9(11)7-18-19-15(20)10-3-1-2-4-12(10)17/h1-7H,8H2,(H,19,20)/b18-7+. The summed E-state index contributed by atoms with van der Waals surface area (Å²) < 4.78 is 24.7. The van der Waals surface area contributed by atoms with Gasteiger partial charge in [-0.2, -0.15) is 5.10 Å². The molecule has 112 valence electrons. The van der Waals surface area contributed by atoms with Crippen molar-refractivity contribution in [3.63, 3.8) is 0 Å². The summed E-state index contributed by atoms with van der Waals surface area (Å²) in [6, 6.07) is 9.17. The van der Waals surface area contributed by atoms with E-state index in [9.17, 15) is 9.18 Å². The number of nitrogens with one attached hydrogen (secondary N) is 1. The molecule has 1 aliphatic heterocycles. The van der Waals surface area contributed by atoms with E-state index in [0.29, 0.717) is 17.1 Å². The Balaban J connectivity index is 1.73. The van der Waals surface area contributed by atoms with Crippen LogP contribution in [-0.4, -0.2) is 18.9 Å². The molecule has 1 amide bonds. The van der Waals surface area contributed by atoms with Crippen LogP contribution in [0.3, 0.4) is 0 Å². The van der Waals surface area contributed by atoms with Crippen LogP contribution in [0.15, 0.2) is 46.0 Å². The number of halogens is 2. The van der Waals surface area contributed by atoms with Gasteiger partial charge in [-0.15, -0.1) is 0 Å². The molecular formula is C15H10BrFN2O3. The third-order valence-electron chi connectivity index (χ3n) is 2.98. The molecule has 0 spiro atoms. The second-order valence-corrected chi connectivity index (χ2v) is 5.26. The molecule has 0 radical (unpaired) electrons. The Morgan fingerprint density at radius 2 is 2.00 bits per heavy atom. The van der Waals surface area contributed by atoms with Gasteiger partial charge in [-0.1, -0.05) is 12.1 Å². The molecule has 1 heterocycles. The van der Waals surface area contributed by atoms with E-state index in [4.69, 9.17) is 9.47 Å². The summed E-state index contributed by atoms with van der Waals surface area (Å²) in [5.74, 6) is 0.0233. The number of benzene rings is 2. The number of fused-ring (bicyclic) bond motifs is 1. The zero-order valence-electron chi connectivity index (χ0n) is 11.2. The molecule has 1 aliphatic rings. The van der Waals surface area contributed by atoms with E-state index >= 15 is 0 Å². The highest BCUT2D eigenvalue weighted by molar-refractivity contribution is 9.10. The fourth-order valence-electron chi connectivity index (χ4n) is 1.90. The minimum absolute atomic E-state index is 0.0654. The van der Waals surface area contributed by atoms with Crippen molar-refractivity contribution in [1.82, 2.24) is 5.43 Å². The van der Waals surface area contributed by atoms with Gasteiger partial charge in [-0.3, -0.25) is 4.79 Å². The van der Waals surface area contributed by atoms with Crippen LogP contribution in [0.4, 0.5) is 4.39 Å². The number of amides is 1. The van der Waals surface area contributed by atoms with Crippen molar-refractivity contribution in [2.24, 2.45) is 5.10 Å². The summed E-state index contributed by atoms with van der Waals surface area (Å²) in [5, 5.41) is 3.83. The lowest BCUT2D eigenvalue weighted by molar-refractivity contribution is 0.0951. The topological polar surface area (TPSA) is 59.9 Å². The molecular weight excluding hydrogens is 355 g/mol. The van der Waals surface area contributed by atoms with Crippen LogP contribution in [0, 0.1) is 5.82 Å². The molecule has 0 aromatic heterocycles. The van der Waals surface area contributed by atoms with Gasteiger partial charge in [-0.25, -0.2) is 9.82 Å². The van der Waals surface area contributed by atoms with Gasteiger partial charge in [0.1, 0.15) is 5.82 Å². The minimum Gasteiger partial charge on any atom is -0.454 e. The zero-order chi connectivity index (χ0) is 15.5. The second kappa shape index (κ2) is 6.15. The molecule has 2 aromatic carbocycles. The third kappa shape index (κ3) is 2.94. The number of hydrazone groups is 1. The van der Waals surface area contributed by atoms with Crippen molar-refractivity contribution in [2.45, 2.75) is 0 Å². The predicted molar refractivity (Wildman–Crippen MR) is 81.7 cm³/mol. The zero-order valence-corrected chi connectivity index (χ0v) is 12.8. The van der Waals surface area contributed by atoms with Crippen molar-refractivity contribution in [1.29, 1.82) is 0 Å². The van der Waals surface area contributed by atoms with Crippen LogP contribution in [0.25, 0.3) is 0 Å². The SMILES string of the molecule is O=C(N/N=C/c1cc2c(cc1Br)OCO2)c1ccccc1F. The molecule has 0 aliphatic carbocycles. The van der Waals surface area contributed by atoms with Crippen molar-refractivity contribution < 1.29 is 18.7 Å². The molecule has 3 rings (SSSR count). The van der Waals surface area contributed by atoms with E-state index in [-0.39, 0.29) is 12.4 Å². The first-order valence-electron chi connectivity index (χ1n) is 6.32. The van der Waals surface area contributed by atoms with Gasteiger partial charge >= 0.3 is 0 Å². The lowest BCUT2D eigenvalue weighted by Gasteiger charge is -2.03. The number of ether oxygens (including phenoxy) is 2. The van der Waals surface area contributed by atoms with Crippen LogP contribution in [0.5, 0.6) is 11.5 Å². The fourth-order valence-corrected chi connectivity index (χ4v) is 2.32. The maximum atomic E-state index is 13.5. The summed E-state index contributed by atoms with van der Waals surface area (Å²) in [5.41, 5.74) is 2.91. The van der Waals surface area contributed by atoms with Gasteiger partial charge in [0.15, 0.2) is 11.5 Å². The van der Waals surface area contributed by atoms with Crippen LogP contribution < -0.4 is 14.9 Å². The Morgan fingerprint density at radius 1 is 1.27 bits per heavy atom. The highest BCUT2D eigenvalue weighted by atomic mass is 79.9. The van der Waals surface area contributed by atoms with Gasteiger partial charge < -0.3 is 9.47 Å². The van der Waals surface area contributed by atoms with Crippen LogP contribution >= 0.6 is 15.9 Å². The summed E-state index contributed by atoms with van der Waals surface area (Å²) >= 11 is 3.37. The van der Waals surface area contributed by atoms with E-state index in [0.717, 1.165) is 4.47 Å². The Bertz CT molecular complexity index is 764. The highest BCUT2D eigenvalue weighted by Crippen LogP contribution is 2.36. The molecule has 1 N–H and O–H groups in total. The van der Waals surface area contributed by atoms with Gasteiger partial charge in [0.05, 0.1) is 11.8 Å². The van der Waals surface area contributed by atoms with Gasteiger partial charge in [0, 0.05) is 10.0 Å². The Kier molecular flexibility index (Phi) is 4.06. The average molecular weight is 365 g/mol. The van der Waals surface area contributed by atoms with E-state index in [1.807, 2.05) is 0 Å². The van der Waals surface area contributed by atoms with Crippen LogP contribution in [0.1, 0.15) is 15.9 Å². The first-order chi connectivity index (χ1) is 10.6. The average Bonchev–Trinajstić information content (AvgIpc) is 2.94. The van der Waals surface area contributed by atoms with E-state index in [2.05, 4.69) is 26.5 Å². The third-order valence-corrected chi connectivity index (χ3v) is 3.67. The van der Waals surface area contributed by atoms with E-state index in [1.165, 1.54) is 24.4 Å². The number of carbonyl (C=O) groups excluding carboxylic acids is 1. The normalized spacial score (nSPS) is 12.6. The number of nitrogens with zero attached hydrogens (tertiary/aromatic N) is 1. The lowest BCUT2D eigenvalue weighted by atomic mass is 10.2. The van der Waals surface area contributed by atoms with Crippen LogP contribution in [-0.2, 0) is 0 Å². The molecule has 0 saturated heterocycles. The summed E-state index contributed by atoms with van der Waals surface area (Å²) in [7, 11) is 0. The molecule has 2 aromatic rings. The first-order valence-corrected chi connectivity index (χ1v) is 7.11. The molecule has 0 unspecified atom stereocenters. The second-order valence-electron chi connectivity index (χ2n) is 4.41. The Labute approximate surface area is 133 Å². The predicted octanol–water partition coefficient (Wildman–Crippen LogP) is 3.08. The van der Waals surface area contributed by atoms with E-state index < -0.39 is 11.7 Å². The minimum atomic E-state index is -0.619. The highest BCUT2D eigenvalue weighted by Gasteiger charge is 2.15. The summed E-state index contributed by atoms with van der Waals surface area (Å²) in [6.07, 6.45) is 1.44. The molecule has 0 bridgehead atoms. The fraction of sp³-hybridized carbons (Fsp3) is 0.0667. The quantitative estimate of drug-likeness (QED) is 0.672. The molecule has 0 atom stereocenters. The number of hydrogen-bond acceptors (Lipinski definition) is 4. The molecule has 0 fully saturated rings. The maximum absolute atomic E-state index is 13.5. The van der Waals surface area contributed by atoms with Crippen molar-refractivity contribution >= 4 is 28.1 Å². The van der Waals surface area contributed by atoms with Crippen LogP contribution in [0.2, 0.25) is 0 Å². The lowest BCUT2D eigenvalue weighted by Crippen LogP contribution is -2.18. The Hall–Kier alpha value is -2.41. The molecule has 0 saturated carbocycles. The van der Waals surface area contributed by atoms with Crippen molar-refractivity contribution in [3.8, 4) is 11.5 Å². The molecule has 7 heteroatoms. The largest absolute Gasteiger partial charge is 0.454 e. The Morgan fingerprint density at radius 3 is 2.77 bits per heavy atom. The number of carbonyl (C=O) groups is 1. The van der Waals surface area contributed by atoms with E-state index in [1.54, 1.807) is 18.2 Å². The summed E-state index contributed by atoms with van der Waals surface area (Å²) in [4.78, 5) is 11.8. The number of rotatable bonds is 3. The van der Waals surface area contributed by atoms with Gasteiger partial charge in [0.25, 0.3) is 5.91 Å². The van der Waals surface area contributed by atoms with Crippen molar-refractivity contribution in [3.05, 3.63) is 57.8 Å². The molecule has 5 nitrogen and oxygen atoms in total.